The fourth-order valence-electron chi connectivity index (χ4n) is 1.75. The summed E-state index contributed by atoms with van der Waals surface area (Å²) >= 11 is 9.33. The summed E-state index contributed by atoms with van der Waals surface area (Å²) < 4.78 is 0.946. The second kappa shape index (κ2) is 4.21. The van der Waals surface area contributed by atoms with Crippen molar-refractivity contribution in [3.63, 3.8) is 0 Å². The summed E-state index contributed by atoms with van der Waals surface area (Å²) in [7, 11) is 0. The third kappa shape index (κ3) is 1.97. The highest BCUT2D eigenvalue weighted by atomic mass is 79.9. The van der Waals surface area contributed by atoms with Gasteiger partial charge < -0.3 is 5.11 Å². The van der Waals surface area contributed by atoms with Crippen LogP contribution in [0.5, 0.6) is 0 Å². The van der Waals surface area contributed by atoms with Gasteiger partial charge in [-0.2, -0.15) is 0 Å². The summed E-state index contributed by atoms with van der Waals surface area (Å²) in [6.07, 6.45) is 3.12. The second-order valence-corrected chi connectivity index (χ2v) is 5.09. The number of hydrogen-bond acceptors (Lipinski definition) is 1. The molecule has 1 nitrogen and oxygen atoms in total. The normalized spacial score (nSPS) is 19.1. The summed E-state index contributed by atoms with van der Waals surface area (Å²) in [5.41, 5.74) is 0.919. The molecule has 0 bridgehead atoms. The maximum absolute atomic E-state index is 10.1. The van der Waals surface area contributed by atoms with E-state index in [0.717, 1.165) is 22.9 Å². The fraction of sp³-hybridized carbons (Fsp3) is 0.455. The van der Waals surface area contributed by atoms with Gasteiger partial charge in [-0.3, -0.25) is 0 Å². The molecule has 3 heteroatoms. The largest absolute Gasteiger partial charge is 0.388 e. The monoisotopic (exact) mass is 274 g/mol. The van der Waals surface area contributed by atoms with E-state index in [1.807, 2.05) is 18.2 Å². The lowest BCUT2D eigenvalue weighted by molar-refractivity contribution is 0.0615. The Balaban J connectivity index is 2.24. The molecule has 0 saturated heterocycles. The van der Waals surface area contributed by atoms with Gasteiger partial charge in [0.05, 0.1) is 6.10 Å². The number of benzene rings is 1. The van der Waals surface area contributed by atoms with Crippen LogP contribution in [-0.2, 0) is 0 Å². The van der Waals surface area contributed by atoms with Crippen LogP contribution in [0.25, 0.3) is 0 Å². The lowest BCUT2D eigenvalue weighted by atomic mass is 9.79. The van der Waals surface area contributed by atoms with Gasteiger partial charge in [-0.15, -0.1) is 0 Å². The number of rotatable bonds is 2. The molecule has 76 valence electrons. The smallest absolute Gasteiger partial charge is 0.0829 e. The first-order valence-electron chi connectivity index (χ1n) is 4.81. The summed E-state index contributed by atoms with van der Waals surface area (Å²) in [6, 6.07) is 5.55. The molecule has 0 aliphatic heterocycles. The molecular weight excluding hydrogens is 263 g/mol. The third-order valence-electron chi connectivity index (χ3n) is 2.87. The van der Waals surface area contributed by atoms with Crippen molar-refractivity contribution in [2.24, 2.45) is 5.92 Å². The SMILES string of the molecule is OC(c1cc(Cl)ccc1Br)C1CCC1. The molecule has 1 atom stereocenters. The van der Waals surface area contributed by atoms with Gasteiger partial charge in [0.15, 0.2) is 0 Å². The molecule has 1 unspecified atom stereocenters. The van der Waals surface area contributed by atoms with Crippen LogP contribution in [0.15, 0.2) is 22.7 Å². The van der Waals surface area contributed by atoms with Gasteiger partial charge in [0.2, 0.25) is 0 Å². The Morgan fingerprint density at radius 3 is 2.71 bits per heavy atom. The molecule has 0 radical (unpaired) electrons. The summed E-state index contributed by atoms with van der Waals surface area (Å²) in [4.78, 5) is 0. The highest BCUT2D eigenvalue weighted by Gasteiger charge is 2.27. The van der Waals surface area contributed by atoms with Crippen molar-refractivity contribution in [3.05, 3.63) is 33.3 Å². The molecule has 0 aromatic heterocycles. The fourth-order valence-corrected chi connectivity index (χ4v) is 2.41. The average Bonchev–Trinajstić information content (AvgIpc) is 2.06. The highest BCUT2D eigenvalue weighted by Crippen LogP contribution is 2.40. The number of aliphatic hydroxyl groups excluding tert-OH is 1. The number of aliphatic hydroxyl groups is 1. The molecule has 1 saturated carbocycles. The van der Waals surface area contributed by atoms with E-state index >= 15 is 0 Å². The molecule has 1 aliphatic rings. The predicted molar refractivity (Wildman–Crippen MR) is 61.5 cm³/mol. The van der Waals surface area contributed by atoms with Crippen molar-refractivity contribution in [1.82, 2.24) is 0 Å². The van der Waals surface area contributed by atoms with Crippen molar-refractivity contribution in [2.45, 2.75) is 25.4 Å². The average molecular weight is 276 g/mol. The standard InChI is InChI=1S/C11H12BrClO/c12-10-5-4-8(13)6-9(10)11(14)7-2-1-3-7/h4-7,11,14H,1-3H2. The molecule has 1 aromatic rings. The summed E-state index contributed by atoms with van der Waals surface area (Å²) in [5.74, 6) is 0.421. The van der Waals surface area contributed by atoms with E-state index in [0.29, 0.717) is 10.9 Å². The quantitative estimate of drug-likeness (QED) is 0.867. The lowest BCUT2D eigenvalue weighted by Gasteiger charge is -2.31. The summed E-state index contributed by atoms with van der Waals surface area (Å²) in [6.45, 7) is 0. The molecular formula is C11H12BrClO. The van der Waals surface area contributed by atoms with Gasteiger partial charge >= 0.3 is 0 Å². The van der Waals surface area contributed by atoms with Crippen LogP contribution in [-0.4, -0.2) is 5.11 Å². The van der Waals surface area contributed by atoms with Gasteiger partial charge in [-0.05, 0) is 42.5 Å². The van der Waals surface area contributed by atoms with E-state index < -0.39 is 0 Å². The van der Waals surface area contributed by atoms with Crippen LogP contribution < -0.4 is 0 Å². The topological polar surface area (TPSA) is 20.2 Å². The van der Waals surface area contributed by atoms with Crippen LogP contribution in [0.2, 0.25) is 5.02 Å². The Bertz CT molecular complexity index is 336. The Hall–Kier alpha value is -0.0500. The Morgan fingerprint density at radius 1 is 1.43 bits per heavy atom. The minimum absolute atomic E-state index is 0.364. The maximum atomic E-state index is 10.1. The molecule has 0 amide bonds. The Kier molecular flexibility index (Phi) is 3.15. The van der Waals surface area contributed by atoms with E-state index in [4.69, 9.17) is 11.6 Å². The Labute approximate surface area is 97.2 Å². The molecule has 14 heavy (non-hydrogen) atoms. The number of halogens is 2. The molecule has 0 heterocycles. The zero-order valence-corrected chi connectivity index (χ0v) is 10.1. The van der Waals surface area contributed by atoms with E-state index in [9.17, 15) is 5.11 Å². The van der Waals surface area contributed by atoms with Gasteiger partial charge in [-0.1, -0.05) is 34.0 Å². The van der Waals surface area contributed by atoms with Crippen LogP contribution in [0.4, 0.5) is 0 Å². The highest BCUT2D eigenvalue weighted by molar-refractivity contribution is 9.10. The Morgan fingerprint density at radius 2 is 2.14 bits per heavy atom. The van der Waals surface area contributed by atoms with Crippen molar-refractivity contribution >= 4 is 27.5 Å². The summed E-state index contributed by atoms with van der Waals surface area (Å²) in [5, 5.41) is 10.7. The molecule has 1 aliphatic carbocycles. The number of hydrogen-bond donors (Lipinski definition) is 1. The van der Waals surface area contributed by atoms with Crippen molar-refractivity contribution in [3.8, 4) is 0 Å². The molecule has 2 rings (SSSR count). The molecule has 1 fully saturated rings. The molecule has 1 aromatic carbocycles. The van der Waals surface area contributed by atoms with Crippen molar-refractivity contribution in [2.75, 3.05) is 0 Å². The maximum Gasteiger partial charge on any atom is 0.0829 e. The minimum atomic E-state index is -0.364. The second-order valence-electron chi connectivity index (χ2n) is 3.80. The van der Waals surface area contributed by atoms with E-state index in [-0.39, 0.29) is 6.10 Å². The third-order valence-corrected chi connectivity index (χ3v) is 3.83. The first-order valence-corrected chi connectivity index (χ1v) is 5.98. The first-order chi connectivity index (χ1) is 6.68. The van der Waals surface area contributed by atoms with E-state index in [1.54, 1.807) is 0 Å². The first kappa shape index (κ1) is 10.5. The molecule has 0 spiro atoms. The van der Waals surface area contributed by atoms with Crippen LogP contribution in [0.1, 0.15) is 30.9 Å². The van der Waals surface area contributed by atoms with Crippen LogP contribution in [0.3, 0.4) is 0 Å². The molecule has 1 N–H and O–H groups in total. The van der Waals surface area contributed by atoms with Crippen LogP contribution >= 0.6 is 27.5 Å². The lowest BCUT2D eigenvalue weighted by Crippen LogP contribution is -2.20. The van der Waals surface area contributed by atoms with Gasteiger partial charge in [0, 0.05) is 9.50 Å². The zero-order chi connectivity index (χ0) is 10.1. The minimum Gasteiger partial charge on any atom is -0.388 e. The zero-order valence-electron chi connectivity index (χ0n) is 7.71. The van der Waals surface area contributed by atoms with E-state index in [1.165, 1.54) is 6.42 Å². The van der Waals surface area contributed by atoms with Gasteiger partial charge in [-0.25, -0.2) is 0 Å². The van der Waals surface area contributed by atoms with Gasteiger partial charge in [0.1, 0.15) is 0 Å². The van der Waals surface area contributed by atoms with Crippen molar-refractivity contribution < 1.29 is 5.11 Å². The van der Waals surface area contributed by atoms with E-state index in [2.05, 4.69) is 15.9 Å². The van der Waals surface area contributed by atoms with Crippen molar-refractivity contribution in [1.29, 1.82) is 0 Å². The van der Waals surface area contributed by atoms with Crippen LogP contribution in [0, 0.1) is 5.92 Å². The van der Waals surface area contributed by atoms with Gasteiger partial charge in [0.25, 0.3) is 0 Å². The predicted octanol–water partition coefficient (Wildman–Crippen LogP) is 3.94.